The summed E-state index contributed by atoms with van der Waals surface area (Å²) < 4.78 is 51.5. The van der Waals surface area contributed by atoms with Gasteiger partial charge in [0, 0.05) is 31.2 Å². The number of likely N-dealkylation sites (tertiary alicyclic amines) is 1. The first-order valence-corrected chi connectivity index (χ1v) is 10.6. The molecule has 1 aromatic carbocycles. The molecule has 2 aromatic heterocycles. The normalized spacial score (nSPS) is 17.2. The number of ether oxygens (including phenoxy) is 1. The Kier molecular flexibility index (Phi) is 6.19. The smallest absolute Gasteiger partial charge is 0.377 e. The number of piperidine rings is 1. The van der Waals surface area contributed by atoms with Crippen LogP contribution in [0.4, 0.5) is 13.2 Å². The largest absolute Gasteiger partial charge is 0.417 e. The first-order valence-electron chi connectivity index (χ1n) is 10.6. The van der Waals surface area contributed by atoms with Crippen molar-refractivity contribution in [3.8, 4) is 0 Å². The van der Waals surface area contributed by atoms with Crippen molar-refractivity contribution in [3.63, 3.8) is 0 Å². The molecule has 0 N–H and O–H groups in total. The van der Waals surface area contributed by atoms with Crippen LogP contribution in [-0.2, 0) is 17.5 Å². The molecule has 1 aliphatic rings. The van der Waals surface area contributed by atoms with E-state index in [2.05, 4.69) is 10.1 Å². The summed E-state index contributed by atoms with van der Waals surface area (Å²) >= 11 is 0. The summed E-state index contributed by atoms with van der Waals surface area (Å²) in [5.41, 5.74) is 1.01. The van der Waals surface area contributed by atoms with Gasteiger partial charge < -0.3 is 14.2 Å². The standard InChI is InChI=1S/C23H24F3N3O3/c1-3-31-13-15-6-8-16(9-7-15)22(30)29-10-4-5-17(12-29)19-11-18(23(24,25)26)20-14(2)28-32-21(20)27-19/h6-9,11,17H,3-5,10,12-13H2,1-2H3/t17-/m1/s1. The molecular formula is C23H24F3N3O3. The maximum Gasteiger partial charge on any atom is 0.417 e. The van der Waals surface area contributed by atoms with Gasteiger partial charge in [-0.3, -0.25) is 4.79 Å². The predicted octanol–water partition coefficient (Wildman–Crippen LogP) is 5.11. The molecule has 170 valence electrons. The molecule has 3 aromatic rings. The van der Waals surface area contributed by atoms with Gasteiger partial charge in [-0.1, -0.05) is 17.3 Å². The van der Waals surface area contributed by atoms with Crippen LogP contribution < -0.4 is 0 Å². The Balaban J connectivity index is 1.56. The number of alkyl halides is 3. The van der Waals surface area contributed by atoms with E-state index in [1.54, 1.807) is 17.0 Å². The van der Waals surface area contributed by atoms with E-state index in [4.69, 9.17) is 9.26 Å². The Morgan fingerprint density at radius 3 is 2.72 bits per heavy atom. The van der Waals surface area contributed by atoms with Crippen LogP contribution in [0.1, 0.15) is 58.6 Å². The SMILES string of the molecule is CCOCc1ccc(C(=O)N2CCC[C@@H](c3cc(C(F)(F)F)c4c(C)noc4n3)C2)cc1. The molecule has 0 radical (unpaired) electrons. The third-order valence-corrected chi connectivity index (χ3v) is 5.74. The van der Waals surface area contributed by atoms with Crippen molar-refractivity contribution < 1.29 is 27.2 Å². The van der Waals surface area contributed by atoms with Gasteiger partial charge in [0.1, 0.15) is 0 Å². The van der Waals surface area contributed by atoms with E-state index >= 15 is 0 Å². The van der Waals surface area contributed by atoms with Gasteiger partial charge in [0.05, 0.1) is 28.9 Å². The van der Waals surface area contributed by atoms with E-state index in [0.717, 1.165) is 11.6 Å². The van der Waals surface area contributed by atoms with Crippen molar-refractivity contribution in [3.05, 3.63) is 58.4 Å². The molecule has 3 heterocycles. The minimum absolute atomic E-state index is 0.114. The summed E-state index contributed by atoms with van der Waals surface area (Å²) in [4.78, 5) is 19.0. The molecule has 0 unspecified atom stereocenters. The third kappa shape index (κ3) is 4.48. The summed E-state index contributed by atoms with van der Waals surface area (Å²) in [5, 5.41) is 3.54. The van der Waals surface area contributed by atoms with Gasteiger partial charge in [-0.2, -0.15) is 13.2 Å². The second-order valence-electron chi connectivity index (χ2n) is 7.96. The minimum atomic E-state index is -4.56. The van der Waals surface area contributed by atoms with Crippen LogP contribution in [0, 0.1) is 6.92 Å². The lowest BCUT2D eigenvalue weighted by atomic mass is 9.92. The number of amides is 1. The maximum absolute atomic E-state index is 13.7. The average Bonchev–Trinajstić information content (AvgIpc) is 3.17. The molecule has 1 fully saturated rings. The molecule has 1 aliphatic heterocycles. The number of fused-ring (bicyclic) bond motifs is 1. The third-order valence-electron chi connectivity index (χ3n) is 5.74. The molecule has 0 bridgehead atoms. The average molecular weight is 447 g/mol. The van der Waals surface area contributed by atoms with E-state index in [1.165, 1.54) is 6.92 Å². The molecule has 1 amide bonds. The number of rotatable bonds is 5. The summed E-state index contributed by atoms with van der Waals surface area (Å²) in [6.07, 6.45) is -3.24. The van der Waals surface area contributed by atoms with E-state index in [1.807, 2.05) is 19.1 Å². The van der Waals surface area contributed by atoms with Gasteiger partial charge in [0.2, 0.25) is 0 Å². The quantitative estimate of drug-likeness (QED) is 0.544. The molecule has 1 saturated heterocycles. The van der Waals surface area contributed by atoms with Gasteiger partial charge in [0.25, 0.3) is 11.6 Å². The number of hydrogen-bond acceptors (Lipinski definition) is 5. The van der Waals surface area contributed by atoms with Gasteiger partial charge in [0.15, 0.2) is 0 Å². The Hall–Kier alpha value is -2.94. The second-order valence-corrected chi connectivity index (χ2v) is 7.96. The lowest BCUT2D eigenvalue weighted by Crippen LogP contribution is -2.39. The van der Waals surface area contributed by atoms with Crippen molar-refractivity contribution in [2.45, 2.75) is 45.4 Å². The van der Waals surface area contributed by atoms with Crippen molar-refractivity contribution in [2.24, 2.45) is 0 Å². The molecule has 0 spiro atoms. The van der Waals surface area contributed by atoms with Crippen LogP contribution in [0.5, 0.6) is 0 Å². The van der Waals surface area contributed by atoms with Gasteiger partial charge in [-0.05, 0) is 50.5 Å². The molecular weight excluding hydrogens is 423 g/mol. The van der Waals surface area contributed by atoms with E-state index in [9.17, 15) is 18.0 Å². The monoisotopic (exact) mass is 447 g/mol. The zero-order valence-corrected chi connectivity index (χ0v) is 17.9. The number of aromatic nitrogens is 2. The summed E-state index contributed by atoms with van der Waals surface area (Å²) in [7, 11) is 0. The first kappa shape index (κ1) is 22.3. The molecule has 9 heteroatoms. The molecule has 4 rings (SSSR count). The lowest BCUT2D eigenvalue weighted by molar-refractivity contribution is -0.136. The highest BCUT2D eigenvalue weighted by atomic mass is 19.4. The van der Waals surface area contributed by atoms with Crippen LogP contribution in [0.3, 0.4) is 0 Å². The fourth-order valence-corrected chi connectivity index (χ4v) is 4.10. The number of pyridine rings is 1. The molecule has 32 heavy (non-hydrogen) atoms. The number of carbonyl (C=O) groups excluding carboxylic acids is 1. The maximum atomic E-state index is 13.7. The van der Waals surface area contributed by atoms with E-state index < -0.39 is 11.7 Å². The zero-order valence-electron chi connectivity index (χ0n) is 17.9. The van der Waals surface area contributed by atoms with Crippen molar-refractivity contribution in [2.75, 3.05) is 19.7 Å². The fourth-order valence-electron chi connectivity index (χ4n) is 4.10. The number of hydrogen-bond donors (Lipinski definition) is 0. The number of carbonyl (C=O) groups is 1. The number of halogens is 3. The highest BCUT2D eigenvalue weighted by Gasteiger charge is 2.37. The molecule has 0 saturated carbocycles. The van der Waals surface area contributed by atoms with Crippen molar-refractivity contribution in [1.29, 1.82) is 0 Å². The van der Waals surface area contributed by atoms with Gasteiger partial charge in [-0.25, -0.2) is 4.98 Å². The number of aryl methyl sites for hydroxylation is 1. The van der Waals surface area contributed by atoms with Crippen LogP contribution in [-0.4, -0.2) is 40.6 Å². The highest BCUT2D eigenvalue weighted by Crippen LogP contribution is 2.38. The van der Waals surface area contributed by atoms with Gasteiger partial charge >= 0.3 is 6.18 Å². The van der Waals surface area contributed by atoms with Crippen LogP contribution in [0.25, 0.3) is 11.1 Å². The Bertz CT molecular complexity index is 1110. The van der Waals surface area contributed by atoms with Crippen LogP contribution >= 0.6 is 0 Å². The minimum Gasteiger partial charge on any atom is -0.377 e. The fraction of sp³-hybridized carbons (Fsp3) is 0.435. The Morgan fingerprint density at radius 2 is 2.03 bits per heavy atom. The van der Waals surface area contributed by atoms with E-state index in [0.29, 0.717) is 44.7 Å². The number of nitrogens with zero attached hydrogens (tertiary/aromatic N) is 3. The Labute approximate surface area is 183 Å². The highest BCUT2D eigenvalue weighted by molar-refractivity contribution is 5.94. The van der Waals surface area contributed by atoms with Crippen molar-refractivity contribution >= 4 is 17.0 Å². The van der Waals surface area contributed by atoms with Crippen LogP contribution in [0.2, 0.25) is 0 Å². The van der Waals surface area contributed by atoms with Crippen molar-refractivity contribution in [1.82, 2.24) is 15.0 Å². The molecule has 6 nitrogen and oxygen atoms in total. The summed E-state index contributed by atoms with van der Waals surface area (Å²) in [6.45, 7) is 5.31. The summed E-state index contributed by atoms with van der Waals surface area (Å²) in [5.74, 6) is -0.467. The summed E-state index contributed by atoms with van der Waals surface area (Å²) in [6, 6.07) is 8.28. The first-order chi connectivity index (χ1) is 15.3. The lowest BCUT2D eigenvalue weighted by Gasteiger charge is -2.32. The molecule has 1 atom stereocenters. The molecule has 0 aliphatic carbocycles. The Morgan fingerprint density at radius 1 is 1.28 bits per heavy atom. The number of benzene rings is 1. The van der Waals surface area contributed by atoms with E-state index in [-0.39, 0.29) is 34.3 Å². The predicted molar refractivity (Wildman–Crippen MR) is 111 cm³/mol. The second kappa shape index (κ2) is 8.90. The van der Waals surface area contributed by atoms with Crippen LogP contribution in [0.15, 0.2) is 34.9 Å². The topological polar surface area (TPSA) is 68.5 Å². The van der Waals surface area contributed by atoms with Gasteiger partial charge in [-0.15, -0.1) is 0 Å². The zero-order chi connectivity index (χ0) is 22.9.